The number of alkyl halides is 2. The molecular formula is C19H26F2O5S. The fourth-order valence-corrected chi connectivity index (χ4v) is 2.67. The average Bonchev–Trinajstić information content (AvgIpc) is 2.72. The van der Waals surface area contributed by atoms with Crippen LogP contribution in [-0.2, 0) is 15.9 Å². The Hall–Kier alpha value is -1.45. The number of aliphatic hydroxyl groups is 3. The zero-order valence-electron chi connectivity index (χ0n) is 15.2. The Kier molecular flexibility index (Phi) is 11.2. The Labute approximate surface area is 162 Å². The van der Waals surface area contributed by atoms with Crippen LogP contribution in [0.5, 0.6) is 0 Å². The van der Waals surface area contributed by atoms with Crippen LogP contribution in [-0.4, -0.2) is 66.1 Å². The molecule has 1 aliphatic rings. The zero-order chi connectivity index (χ0) is 20.2. The van der Waals surface area contributed by atoms with Crippen molar-refractivity contribution in [2.24, 2.45) is 0 Å². The predicted octanol–water partition coefficient (Wildman–Crippen LogP) is 2.37. The van der Waals surface area contributed by atoms with Crippen molar-refractivity contribution in [3.8, 4) is 0 Å². The van der Waals surface area contributed by atoms with Crippen LogP contribution in [0.15, 0.2) is 53.7 Å². The molecule has 5 nitrogen and oxygen atoms in total. The molecule has 5 atom stereocenters. The van der Waals surface area contributed by atoms with Gasteiger partial charge in [0.05, 0.1) is 13.8 Å². The van der Waals surface area contributed by atoms with Gasteiger partial charge in [-0.3, -0.25) is 4.39 Å². The smallest absolute Gasteiger partial charge is 0.229 e. The van der Waals surface area contributed by atoms with Gasteiger partial charge >= 0.3 is 0 Å². The average molecular weight is 404 g/mol. The molecule has 0 radical (unpaired) electrons. The van der Waals surface area contributed by atoms with E-state index in [1.165, 1.54) is 11.8 Å². The maximum absolute atomic E-state index is 13.8. The van der Waals surface area contributed by atoms with Crippen LogP contribution >= 0.6 is 11.8 Å². The molecule has 5 unspecified atom stereocenters. The molecule has 1 aromatic rings. The number of ether oxygens (including phenoxy) is 2. The monoisotopic (exact) mass is 404 g/mol. The fourth-order valence-electron chi connectivity index (χ4n) is 2.40. The van der Waals surface area contributed by atoms with Crippen molar-refractivity contribution in [2.45, 2.75) is 37.2 Å². The molecule has 2 rings (SSSR count). The summed E-state index contributed by atoms with van der Waals surface area (Å²) in [6, 6.07) is 9.72. The van der Waals surface area contributed by atoms with Gasteiger partial charge in [-0.15, -0.1) is 11.8 Å². The van der Waals surface area contributed by atoms with Crippen LogP contribution < -0.4 is 0 Å². The molecule has 8 heteroatoms. The van der Waals surface area contributed by atoms with Gasteiger partial charge < -0.3 is 24.8 Å². The van der Waals surface area contributed by atoms with Crippen molar-refractivity contribution < 1.29 is 33.6 Å². The lowest BCUT2D eigenvalue weighted by Crippen LogP contribution is -2.57. The highest BCUT2D eigenvalue weighted by Gasteiger charge is 2.45. The Morgan fingerprint density at radius 2 is 1.89 bits per heavy atom. The van der Waals surface area contributed by atoms with Crippen LogP contribution in [0.1, 0.15) is 5.56 Å². The number of benzene rings is 1. The molecule has 1 heterocycles. The fraction of sp³-hybridized carbons (Fsp3) is 0.474. The molecule has 1 saturated heterocycles. The lowest BCUT2D eigenvalue weighted by molar-refractivity contribution is -0.279. The zero-order valence-corrected chi connectivity index (χ0v) is 16.1. The molecule has 0 saturated carbocycles. The number of rotatable bonds is 7. The summed E-state index contributed by atoms with van der Waals surface area (Å²) in [5, 5.41) is 30.7. The largest absolute Gasteiger partial charge is 0.462 e. The summed E-state index contributed by atoms with van der Waals surface area (Å²) in [4.78, 5) is 0. The first-order valence-electron chi connectivity index (χ1n) is 8.31. The first-order chi connectivity index (χ1) is 13.1. The maximum atomic E-state index is 13.8. The van der Waals surface area contributed by atoms with Crippen molar-refractivity contribution in [3.63, 3.8) is 0 Å². The second kappa shape index (κ2) is 12.9. The lowest BCUT2D eigenvalue weighted by Gasteiger charge is -2.38. The van der Waals surface area contributed by atoms with Crippen molar-refractivity contribution in [1.29, 1.82) is 0 Å². The molecule has 0 aromatic heterocycles. The molecule has 1 fully saturated rings. The second-order valence-corrected chi connectivity index (χ2v) is 6.35. The van der Waals surface area contributed by atoms with Crippen LogP contribution in [0.25, 0.3) is 0 Å². The lowest BCUT2D eigenvalue weighted by atomic mass is 10.0. The van der Waals surface area contributed by atoms with Crippen LogP contribution in [0.4, 0.5) is 8.78 Å². The van der Waals surface area contributed by atoms with E-state index in [0.29, 0.717) is 19.4 Å². The molecule has 0 spiro atoms. The minimum atomic E-state index is -1.88. The van der Waals surface area contributed by atoms with Crippen molar-refractivity contribution >= 4 is 11.8 Å². The summed E-state index contributed by atoms with van der Waals surface area (Å²) in [5.74, 6) is 0.420. The minimum Gasteiger partial charge on any atom is -0.462 e. The van der Waals surface area contributed by atoms with Gasteiger partial charge in [-0.2, -0.15) is 0 Å². The third-order valence-corrected chi connectivity index (χ3v) is 4.21. The molecular weight excluding hydrogens is 378 g/mol. The van der Waals surface area contributed by atoms with Gasteiger partial charge in [0.25, 0.3) is 0 Å². The van der Waals surface area contributed by atoms with E-state index in [-0.39, 0.29) is 0 Å². The van der Waals surface area contributed by atoms with Crippen LogP contribution in [0.2, 0.25) is 0 Å². The van der Waals surface area contributed by atoms with E-state index >= 15 is 0 Å². The summed E-state index contributed by atoms with van der Waals surface area (Å²) in [6.07, 6.45) is -1.65. The van der Waals surface area contributed by atoms with Gasteiger partial charge in [-0.1, -0.05) is 30.3 Å². The molecule has 0 amide bonds. The van der Waals surface area contributed by atoms with Crippen molar-refractivity contribution in [3.05, 3.63) is 59.2 Å². The van der Waals surface area contributed by atoms with Crippen LogP contribution in [0.3, 0.4) is 0 Å². The van der Waals surface area contributed by atoms with Gasteiger partial charge in [0.1, 0.15) is 24.1 Å². The number of halogens is 2. The number of thioether (sulfide) groups is 1. The maximum Gasteiger partial charge on any atom is 0.229 e. The SMILES string of the molecule is CF.CS/C=C\C(=C\Cc1ccccc1)OC1OC(CO)C(F)C(O)C1O. The Bertz CT molecular complexity index is 583. The molecule has 152 valence electrons. The highest BCUT2D eigenvalue weighted by atomic mass is 32.2. The van der Waals surface area contributed by atoms with E-state index in [2.05, 4.69) is 0 Å². The van der Waals surface area contributed by atoms with E-state index < -0.39 is 37.4 Å². The summed E-state index contributed by atoms with van der Waals surface area (Å²) in [6.45, 7) is -0.617. The molecule has 3 N–H and O–H groups in total. The van der Waals surface area contributed by atoms with E-state index in [1.807, 2.05) is 36.6 Å². The Morgan fingerprint density at radius 1 is 1.22 bits per heavy atom. The van der Waals surface area contributed by atoms with Crippen LogP contribution in [0, 0.1) is 0 Å². The normalized spacial score (nSPS) is 28.6. The number of hydrogen-bond acceptors (Lipinski definition) is 6. The summed E-state index contributed by atoms with van der Waals surface area (Å²) < 4.78 is 34.2. The van der Waals surface area contributed by atoms with Gasteiger partial charge in [0, 0.05) is 0 Å². The third kappa shape index (κ3) is 7.23. The van der Waals surface area contributed by atoms with Gasteiger partial charge in [0.15, 0.2) is 6.17 Å². The van der Waals surface area contributed by atoms with Crippen molar-refractivity contribution in [2.75, 3.05) is 20.0 Å². The van der Waals surface area contributed by atoms with Crippen molar-refractivity contribution in [1.82, 2.24) is 0 Å². The standard InChI is InChI=1S/C18H23FO5S.CH3F/c1-25-10-9-13(8-7-12-5-3-2-4-6-12)23-18-17(22)16(21)15(19)14(11-20)24-18;1-2/h2-6,8-10,14-18,20-22H,7,11H2,1H3;1H3/b10-9-,13-8-;. The van der Waals surface area contributed by atoms with E-state index in [0.717, 1.165) is 5.56 Å². The first kappa shape index (κ1) is 23.6. The number of hydrogen-bond donors (Lipinski definition) is 3. The second-order valence-electron chi connectivity index (χ2n) is 5.60. The van der Waals surface area contributed by atoms with Gasteiger partial charge in [0.2, 0.25) is 6.29 Å². The quantitative estimate of drug-likeness (QED) is 0.478. The molecule has 1 aliphatic heterocycles. The predicted molar refractivity (Wildman–Crippen MR) is 102 cm³/mol. The summed E-state index contributed by atoms with van der Waals surface area (Å²) in [7, 11) is 0.500. The minimum absolute atomic E-state index is 0.420. The summed E-state index contributed by atoms with van der Waals surface area (Å²) >= 11 is 1.47. The first-order valence-corrected chi connectivity index (χ1v) is 9.60. The van der Waals surface area contributed by atoms with E-state index in [9.17, 15) is 19.0 Å². The molecule has 0 bridgehead atoms. The Balaban J connectivity index is 0.00000176. The van der Waals surface area contributed by atoms with E-state index in [4.69, 9.17) is 14.6 Å². The molecule has 0 aliphatic carbocycles. The number of allylic oxidation sites excluding steroid dienone is 2. The van der Waals surface area contributed by atoms with Gasteiger partial charge in [-0.25, -0.2) is 4.39 Å². The molecule has 1 aromatic carbocycles. The Morgan fingerprint density at radius 3 is 2.48 bits per heavy atom. The number of aliphatic hydroxyl groups excluding tert-OH is 3. The third-order valence-electron chi connectivity index (χ3n) is 3.80. The van der Waals surface area contributed by atoms with Gasteiger partial charge in [-0.05, 0) is 35.8 Å². The highest BCUT2D eigenvalue weighted by molar-refractivity contribution is 8.01. The highest BCUT2D eigenvalue weighted by Crippen LogP contribution is 2.26. The topological polar surface area (TPSA) is 79.2 Å². The molecule has 27 heavy (non-hydrogen) atoms. The van der Waals surface area contributed by atoms with E-state index in [1.54, 1.807) is 17.6 Å². The summed E-state index contributed by atoms with van der Waals surface area (Å²) in [5.41, 5.74) is 1.07.